The van der Waals surface area contributed by atoms with Gasteiger partial charge in [-0.05, 0) is 24.6 Å². The summed E-state index contributed by atoms with van der Waals surface area (Å²) in [5.41, 5.74) is 1.09. The Bertz CT molecular complexity index is 1090. The zero-order chi connectivity index (χ0) is 18.8. The van der Waals surface area contributed by atoms with Gasteiger partial charge in [0.05, 0.1) is 6.54 Å². The Morgan fingerprint density at radius 3 is 2.50 bits per heavy atom. The molecule has 0 aliphatic heterocycles. The maximum Gasteiger partial charge on any atom is 0.332 e. The molecule has 3 aromatic rings. The lowest BCUT2D eigenvalue weighted by atomic mass is 10.2. The smallest absolute Gasteiger partial charge is 0.309 e. The Balaban J connectivity index is 2.22. The first-order chi connectivity index (χ1) is 12.4. The molecule has 0 saturated heterocycles. The van der Waals surface area contributed by atoms with Crippen LogP contribution in [-0.4, -0.2) is 24.4 Å². The van der Waals surface area contributed by atoms with E-state index >= 15 is 0 Å². The molecular weight excluding hydrogens is 372 g/mol. The van der Waals surface area contributed by atoms with Crippen LogP contribution in [0.3, 0.4) is 0 Å². The largest absolute Gasteiger partial charge is 0.332 e. The van der Waals surface area contributed by atoms with Crippen LogP contribution < -0.4 is 11.2 Å². The molecule has 0 bridgehead atoms. The van der Waals surface area contributed by atoms with Gasteiger partial charge in [-0.15, -0.1) is 0 Å². The highest BCUT2D eigenvalue weighted by atomic mass is 35.5. The third kappa shape index (κ3) is 3.37. The van der Waals surface area contributed by atoms with E-state index in [9.17, 15) is 9.59 Å². The van der Waals surface area contributed by atoms with Crippen molar-refractivity contribution in [2.24, 2.45) is 14.1 Å². The average molecular weight is 391 g/mol. The molecule has 3 rings (SSSR count). The number of rotatable bonds is 5. The lowest BCUT2D eigenvalue weighted by Gasteiger charge is -2.09. The minimum atomic E-state index is -0.386. The number of nitrogens with zero attached hydrogens (tertiary/aromatic N) is 4. The molecule has 8 heteroatoms. The molecule has 2 heterocycles. The number of aryl methyl sites for hydroxylation is 1. The Labute approximate surface area is 159 Å². The lowest BCUT2D eigenvalue weighted by molar-refractivity contribution is 0.696. The molecule has 0 fully saturated rings. The monoisotopic (exact) mass is 390 g/mol. The summed E-state index contributed by atoms with van der Waals surface area (Å²) in [6, 6.07) is 7.47. The van der Waals surface area contributed by atoms with E-state index in [1.165, 1.54) is 23.4 Å². The van der Waals surface area contributed by atoms with Gasteiger partial charge in [0.15, 0.2) is 16.3 Å². The maximum atomic E-state index is 12.8. The van der Waals surface area contributed by atoms with Crippen molar-refractivity contribution < 1.29 is 0 Å². The minimum Gasteiger partial charge on any atom is -0.309 e. The summed E-state index contributed by atoms with van der Waals surface area (Å²) in [4.78, 5) is 29.6. The second-order valence-electron chi connectivity index (χ2n) is 5.87. The van der Waals surface area contributed by atoms with Gasteiger partial charge in [0.1, 0.15) is 0 Å². The summed E-state index contributed by atoms with van der Waals surface area (Å²) < 4.78 is 4.39. The average Bonchev–Trinajstić information content (AvgIpc) is 2.99. The van der Waals surface area contributed by atoms with E-state index in [1.54, 1.807) is 7.05 Å². The lowest BCUT2D eigenvalue weighted by Crippen LogP contribution is -2.37. The van der Waals surface area contributed by atoms with Crippen LogP contribution >= 0.6 is 23.4 Å². The SMILES string of the molecule is C/C=C/CSc1nc2c(c(=O)n(C)c(=O)n2C)n1Cc1ccc(Cl)cc1. The molecule has 0 amide bonds. The van der Waals surface area contributed by atoms with Crippen molar-refractivity contribution in [1.29, 1.82) is 0 Å². The first-order valence-electron chi connectivity index (χ1n) is 8.08. The summed E-state index contributed by atoms with van der Waals surface area (Å²) in [5.74, 6) is 0.731. The Kier molecular flexibility index (Phi) is 5.38. The molecule has 0 saturated carbocycles. The second kappa shape index (κ2) is 7.55. The summed E-state index contributed by atoms with van der Waals surface area (Å²) in [6.07, 6.45) is 3.99. The molecule has 0 radical (unpaired) electrons. The van der Waals surface area contributed by atoms with E-state index in [2.05, 4.69) is 4.98 Å². The van der Waals surface area contributed by atoms with E-state index in [0.717, 1.165) is 15.9 Å². The Morgan fingerprint density at radius 1 is 1.15 bits per heavy atom. The number of thioether (sulfide) groups is 1. The fourth-order valence-corrected chi connectivity index (χ4v) is 3.70. The normalized spacial score (nSPS) is 11.7. The van der Waals surface area contributed by atoms with Crippen LogP contribution in [0.5, 0.6) is 0 Å². The fourth-order valence-electron chi connectivity index (χ4n) is 2.67. The van der Waals surface area contributed by atoms with Gasteiger partial charge < -0.3 is 4.57 Å². The summed E-state index contributed by atoms with van der Waals surface area (Å²) in [5, 5.41) is 1.36. The predicted molar refractivity (Wildman–Crippen MR) is 106 cm³/mol. The van der Waals surface area contributed by atoms with Crippen LogP contribution in [-0.2, 0) is 20.6 Å². The number of halogens is 1. The van der Waals surface area contributed by atoms with Crippen molar-refractivity contribution in [2.45, 2.75) is 18.6 Å². The molecule has 0 atom stereocenters. The molecule has 2 aromatic heterocycles. The topological polar surface area (TPSA) is 61.8 Å². The van der Waals surface area contributed by atoms with Crippen LogP contribution in [0, 0.1) is 0 Å². The molecular formula is C18H19ClN4O2S. The van der Waals surface area contributed by atoms with E-state index < -0.39 is 0 Å². The van der Waals surface area contributed by atoms with Crippen molar-refractivity contribution in [3.8, 4) is 0 Å². The number of imidazole rings is 1. The van der Waals surface area contributed by atoms with Gasteiger partial charge in [-0.1, -0.05) is 47.6 Å². The Hall–Kier alpha value is -2.25. The predicted octanol–water partition coefficient (Wildman–Crippen LogP) is 2.80. The minimum absolute atomic E-state index is 0.345. The number of hydrogen-bond donors (Lipinski definition) is 0. The van der Waals surface area contributed by atoms with Crippen molar-refractivity contribution in [3.05, 3.63) is 67.8 Å². The third-order valence-corrected chi connectivity index (χ3v) is 5.29. The van der Waals surface area contributed by atoms with E-state index in [1.807, 2.05) is 47.9 Å². The Morgan fingerprint density at radius 2 is 1.85 bits per heavy atom. The summed E-state index contributed by atoms with van der Waals surface area (Å²) in [7, 11) is 3.11. The highest BCUT2D eigenvalue weighted by molar-refractivity contribution is 7.99. The number of allylic oxidation sites excluding steroid dienone is 1. The highest BCUT2D eigenvalue weighted by Crippen LogP contribution is 2.23. The molecule has 26 heavy (non-hydrogen) atoms. The van der Waals surface area contributed by atoms with Crippen molar-refractivity contribution >= 4 is 34.5 Å². The van der Waals surface area contributed by atoms with Gasteiger partial charge >= 0.3 is 5.69 Å². The standard InChI is InChI=1S/C18H19ClN4O2S/c1-4-5-10-26-17-20-15-14(16(24)22(3)18(25)21(15)2)23(17)11-12-6-8-13(19)9-7-12/h4-9H,10-11H2,1-3H3/b5-4+. The number of fused-ring (bicyclic) bond motifs is 1. The van der Waals surface area contributed by atoms with Crippen molar-refractivity contribution in [1.82, 2.24) is 18.7 Å². The quantitative estimate of drug-likeness (QED) is 0.496. The second-order valence-corrected chi connectivity index (χ2v) is 7.29. The molecule has 0 aliphatic carbocycles. The maximum absolute atomic E-state index is 12.8. The van der Waals surface area contributed by atoms with Gasteiger partial charge in [0.25, 0.3) is 5.56 Å². The van der Waals surface area contributed by atoms with E-state index in [-0.39, 0.29) is 11.2 Å². The number of benzene rings is 1. The van der Waals surface area contributed by atoms with Crippen LogP contribution in [0.4, 0.5) is 0 Å². The van der Waals surface area contributed by atoms with Gasteiger partial charge in [-0.25, -0.2) is 9.78 Å². The third-order valence-electron chi connectivity index (χ3n) is 4.11. The van der Waals surface area contributed by atoms with E-state index in [0.29, 0.717) is 27.9 Å². The number of hydrogen-bond acceptors (Lipinski definition) is 4. The zero-order valence-electron chi connectivity index (χ0n) is 14.8. The molecule has 6 nitrogen and oxygen atoms in total. The van der Waals surface area contributed by atoms with Crippen LogP contribution in [0.25, 0.3) is 11.2 Å². The molecule has 0 aliphatic rings. The molecule has 136 valence electrons. The van der Waals surface area contributed by atoms with E-state index in [4.69, 9.17) is 11.6 Å². The molecule has 0 unspecified atom stereocenters. The van der Waals surface area contributed by atoms with Crippen LogP contribution in [0.1, 0.15) is 12.5 Å². The van der Waals surface area contributed by atoms with Gasteiger partial charge in [-0.2, -0.15) is 0 Å². The van der Waals surface area contributed by atoms with Crippen molar-refractivity contribution in [3.63, 3.8) is 0 Å². The summed E-state index contributed by atoms with van der Waals surface area (Å²) in [6.45, 7) is 2.43. The fraction of sp³-hybridized carbons (Fsp3) is 0.278. The zero-order valence-corrected chi connectivity index (χ0v) is 16.3. The van der Waals surface area contributed by atoms with Crippen LogP contribution in [0.2, 0.25) is 5.02 Å². The summed E-state index contributed by atoms with van der Waals surface area (Å²) >= 11 is 7.49. The van der Waals surface area contributed by atoms with Crippen LogP contribution in [0.15, 0.2) is 51.2 Å². The molecule has 1 aromatic carbocycles. The molecule has 0 N–H and O–H groups in total. The van der Waals surface area contributed by atoms with Crippen molar-refractivity contribution in [2.75, 3.05) is 5.75 Å². The number of aromatic nitrogens is 4. The first kappa shape index (κ1) is 18.5. The molecule has 0 spiro atoms. The first-order valence-corrected chi connectivity index (χ1v) is 9.45. The van der Waals surface area contributed by atoms with Gasteiger partial charge in [0.2, 0.25) is 0 Å². The van der Waals surface area contributed by atoms with Gasteiger partial charge in [0, 0.05) is 24.9 Å². The van der Waals surface area contributed by atoms with Gasteiger partial charge in [-0.3, -0.25) is 13.9 Å². The highest BCUT2D eigenvalue weighted by Gasteiger charge is 2.19.